The second-order valence-corrected chi connectivity index (χ2v) is 10.2. The van der Waals surface area contributed by atoms with E-state index < -0.39 is 0 Å². The third-order valence-electron chi connectivity index (χ3n) is 7.42. The van der Waals surface area contributed by atoms with E-state index in [2.05, 4.69) is 21.0 Å². The summed E-state index contributed by atoms with van der Waals surface area (Å²) in [6.45, 7) is 11.4. The highest BCUT2D eigenvalue weighted by Gasteiger charge is 2.15. The topological polar surface area (TPSA) is 49.2 Å². The average molecular weight is 550 g/mol. The Kier molecular flexibility index (Phi) is 6.02. The van der Waals surface area contributed by atoms with Gasteiger partial charge in [-0.05, 0) is 55.8 Å². The summed E-state index contributed by atoms with van der Waals surface area (Å²) in [5.74, 6) is 1.46. The quantitative estimate of drug-likeness (QED) is 0.201. The summed E-state index contributed by atoms with van der Waals surface area (Å²) in [6.07, 6.45) is 5.30. The van der Waals surface area contributed by atoms with Gasteiger partial charge in [0.1, 0.15) is 23.1 Å². The molecule has 202 valence electrons. The van der Waals surface area contributed by atoms with Crippen LogP contribution in [0.1, 0.15) is 11.1 Å². The molecule has 7 heteroatoms. The van der Waals surface area contributed by atoms with Crippen LogP contribution in [0, 0.1) is 26.2 Å². The van der Waals surface area contributed by atoms with Crippen LogP contribution in [0.15, 0.2) is 110 Å². The van der Waals surface area contributed by atoms with Gasteiger partial charge in [0.25, 0.3) is 0 Å². The zero-order valence-corrected chi connectivity index (χ0v) is 22.9. The summed E-state index contributed by atoms with van der Waals surface area (Å²) in [6, 6.07) is 28.3. The normalized spacial score (nSPS) is 11.2. The second-order valence-electron chi connectivity index (χ2n) is 10.2. The minimum Gasteiger partial charge on any atom is -0.457 e. The lowest BCUT2D eigenvalue weighted by Gasteiger charge is -2.10. The summed E-state index contributed by atoms with van der Waals surface area (Å²) in [5.41, 5.74) is 7.44. The van der Waals surface area contributed by atoms with E-state index in [1.807, 2.05) is 108 Å². The van der Waals surface area contributed by atoms with Gasteiger partial charge in [-0.2, -0.15) is 5.10 Å². The fourth-order valence-corrected chi connectivity index (χ4v) is 5.66. The van der Waals surface area contributed by atoms with E-state index in [0.29, 0.717) is 23.0 Å². The Labute approximate surface area is 241 Å². The number of pyridine rings is 1. The number of hydrogen-bond donors (Lipinski definition) is 0. The first-order valence-electron chi connectivity index (χ1n) is 13.5. The molecule has 4 aromatic carbocycles. The van der Waals surface area contributed by atoms with Crippen molar-refractivity contribution >= 4 is 27.5 Å². The number of ether oxygens (including phenoxy) is 1. The number of para-hydroxylation sites is 1. The number of benzene rings is 4. The summed E-state index contributed by atoms with van der Waals surface area (Å²) in [5, 5.41) is 6.69. The molecular weight excluding hydrogens is 525 g/mol. The molecule has 0 amide bonds. The Balaban J connectivity index is 1.24. The molecule has 0 radical (unpaired) electrons. The smallest absolute Gasteiger partial charge is 0.187 e. The zero-order chi connectivity index (χ0) is 28.8. The van der Waals surface area contributed by atoms with E-state index in [0.717, 1.165) is 49.7 Å². The minimum absolute atomic E-state index is 0.345. The maximum absolute atomic E-state index is 14.2. The number of aromatic nitrogens is 4. The van der Waals surface area contributed by atoms with Crippen molar-refractivity contribution in [1.82, 2.24) is 19.3 Å². The van der Waals surface area contributed by atoms with E-state index in [9.17, 15) is 4.39 Å². The summed E-state index contributed by atoms with van der Waals surface area (Å²) in [4.78, 5) is 8.01. The minimum atomic E-state index is -0.345. The fraction of sp³-hybridized carbons (Fsp3) is 0.0571. The molecular formula is C35H24FN5O. The SMILES string of the molecule is [C-]#[N+]c1cc(C)c(-c2cnn(-c3cccc(Oc4ccc5c6ccccc6n(-c6cc(F)ccn6)c5c4)c3)c2)c(C)c1. The van der Waals surface area contributed by atoms with E-state index in [1.54, 1.807) is 0 Å². The third-order valence-corrected chi connectivity index (χ3v) is 7.42. The van der Waals surface area contributed by atoms with Gasteiger partial charge in [-0.1, -0.05) is 47.5 Å². The predicted octanol–water partition coefficient (Wildman–Crippen LogP) is 9.13. The van der Waals surface area contributed by atoms with Crippen molar-refractivity contribution in [1.29, 1.82) is 0 Å². The number of nitrogens with zero attached hydrogens (tertiary/aromatic N) is 5. The maximum Gasteiger partial charge on any atom is 0.187 e. The van der Waals surface area contributed by atoms with Crippen molar-refractivity contribution in [3.8, 4) is 34.1 Å². The van der Waals surface area contributed by atoms with Crippen LogP contribution in [0.25, 0.3) is 49.3 Å². The molecule has 0 saturated carbocycles. The molecule has 7 rings (SSSR count). The molecule has 0 spiro atoms. The van der Waals surface area contributed by atoms with E-state index >= 15 is 0 Å². The van der Waals surface area contributed by atoms with Gasteiger partial charge in [0.05, 0.1) is 29.5 Å². The Morgan fingerprint density at radius 2 is 1.60 bits per heavy atom. The van der Waals surface area contributed by atoms with Gasteiger partial charge in [0.2, 0.25) is 0 Å². The van der Waals surface area contributed by atoms with Crippen LogP contribution in [0.2, 0.25) is 0 Å². The summed E-state index contributed by atoms with van der Waals surface area (Å²) >= 11 is 0. The Morgan fingerprint density at radius 1 is 0.810 bits per heavy atom. The third kappa shape index (κ3) is 4.36. The van der Waals surface area contributed by atoms with Gasteiger partial charge in [-0.25, -0.2) is 18.9 Å². The summed E-state index contributed by atoms with van der Waals surface area (Å²) < 4.78 is 24.3. The van der Waals surface area contributed by atoms with Crippen molar-refractivity contribution in [3.05, 3.63) is 138 Å². The molecule has 6 nitrogen and oxygen atoms in total. The number of fused-ring (bicyclic) bond motifs is 3. The molecule has 0 bridgehead atoms. The van der Waals surface area contributed by atoms with E-state index in [-0.39, 0.29) is 5.82 Å². The molecule has 3 aromatic heterocycles. The van der Waals surface area contributed by atoms with Gasteiger partial charge in [-0.15, -0.1) is 0 Å². The van der Waals surface area contributed by atoms with E-state index in [4.69, 9.17) is 11.3 Å². The molecule has 0 atom stereocenters. The lowest BCUT2D eigenvalue weighted by Crippen LogP contribution is -1.98. The van der Waals surface area contributed by atoms with Crippen LogP contribution in [0.4, 0.5) is 10.1 Å². The molecule has 0 aliphatic carbocycles. The molecule has 0 unspecified atom stereocenters. The molecule has 3 heterocycles. The van der Waals surface area contributed by atoms with Gasteiger partial charge in [-0.3, -0.25) is 4.57 Å². The van der Waals surface area contributed by atoms with Crippen molar-refractivity contribution in [3.63, 3.8) is 0 Å². The fourth-order valence-electron chi connectivity index (χ4n) is 5.66. The van der Waals surface area contributed by atoms with Crippen molar-refractivity contribution < 1.29 is 9.13 Å². The van der Waals surface area contributed by atoms with E-state index in [1.165, 1.54) is 18.3 Å². The van der Waals surface area contributed by atoms with Gasteiger partial charge in [0, 0.05) is 46.9 Å². The molecule has 7 aromatic rings. The van der Waals surface area contributed by atoms with Crippen LogP contribution in [0.3, 0.4) is 0 Å². The van der Waals surface area contributed by atoms with Crippen molar-refractivity contribution in [2.75, 3.05) is 0 Å². The molecule has 0 aliphatic rings. The maximum atomic E-state index is 14.2. The first kappa shape index (κ1) is 25.2. The highest BCUT2D eigenvalue weighted by atomic mass is 19.1. The lowest BCUT2D eigenvalue weighted by atomic mass is 9.97. The average Bonchev–Trinajstić information content (AvgIpc) is 3.60. The van der Waals surface area contributed by atoms with Gasteiger partial charge in [0.15, 0.2) is 5.69 Å². The Hall–Kier alpha value is -5.74. The van der Waals surface area contributed by atoms with Crippen LogP contribution in [0.5, 0.6) is 11.5 Å². The highest BCUT2D eigenvalue weighted by Crippen LogP contribution is 2.36. The molecule has 0 aliphatic heterocycles. The zero-order valence-electron chi connectivity index (χ0n) is 22.9. The van der Waals surface area contributed by atoms with Gasteiger partial charge >= 0.3 is 0 Å². The number of hydrogen-bond acceptors (Lipinski definition) is 3. The van der Waals surface area contributed by atoms with Gasteiger partial charge < -0.3 is 4.74 Å². The largest absolute Gasteiger partial charge is 0.457 e. The number of aryl methyl sites for hydroxylation is 2. The highest BCUT2D eigenvalue weighted by molar-refractivity contribution is 6.09. The Bertz CT molecular complexity index is 2160. The summed E-state index contributed by atoms with van der Waals surface area (Å²) in [7, 11) is 0. The van der Waals surface area contributed by atoms with Crippen LogP contribution in [-0.4, -0.2) is 19.3 Å². The van der Waals surface area contributed by atoms with Crippen LogP contribution < -0.4 is 4.74 Å². The molecule has 42 heavy (non-hydrogen) atoms. The van der Waals surface area contributed by atoms with Crippen molar-refractivity contribution in [2.24, 2.45) is 0 Å². The molecule has 0 fully saturated rings. The lowest BCUT2D eigenvalue weighted by molar-refractivity contribution is 0.483. The van der Waals surface area contributed by atoms with Crippen LogP contribution >= 0.6 is 0 Å². The number of halogens is 1. The molecule has 0 N–H and O–H groups in total. The monoisotopic (exact) mass is 549 g/mol. The first-order valence-corrected chi connectivity index (χ1v) is 13.5. The van der Waals surface area contributed by atoms with Crippen LogP contribution in [-0.2, 0) is 0 Å². The number of rotatable bonds is 5. The predicted molar refractivity (Wildman–Crippen MR) is 163 cm³/mol. The Morgan fingerprint density at radius 3 is 2.40 bits per heavy atom. The molecule has 0 saturated heterocycles. The first-order chi connectivity index (χ1) is 20.5. The van der Waals surface area contributed by atoms with Crippen molar-refractivity contribution in [2.45, 2.75) is 13.8 Å². The second kappa shape index (κ2) is 10.0. The standard InChI is InChI=1S/C35H24FN5O/c1-22-15-26(37-3)16-23(2)35(22)24-20-39-40(21-24)27-7-6-8-28(18-27)42-29-11-12-31-30-9-4-5-10-32(30)41(33(31)19-29)34-17-25(36)13-14-38-34/h4-21H,1-2H3.